The molecule has 0 aliphatic heterocycles. The van der Waals surface area contributed by atoms with Crippen LogP contribution in [0.25, 0.3) is 0 Å². The smallest absolute Gasteiger partial charge is 0.223 e. The van der Waals surface area contributed by atoms with Gasteiger partial charge in [-0.1, -0.05) is 6.92 Å². The van der Waals surface area contributed by atoms with Crippen LogP contribution in [0.15, 0.2) is 12.4 Å². The molecule has 5 nitrogen and oxygen atoms in total. The molecule has 2 N–H and O–H groups in total. The molecule has 0 radical (unpaired) electrons. The number of anilines is 1. The van der Waals surface area contributed by atoms with Crippen molar-refractivity contribution in [3.8, 4) is 5.75 Å². The first-order valence-electron chi connectivity index (χ1n) is 6.42. The lowest BCUT2D eigenvalue weighted by molar-refractivity contribution is 0.154. The van der Waals surface area contributed by atoms with Gasteiger partial charge in [0.05, 0.1) is 31.6 Å². The van der Waals surface area contributed by atoms with Crippen molar-refractivity contribution in [1.82, 2.24) is 9.97 Å². The lowest BCUT2D eigenvalue weighted by atomic mass is 9.77. The Kier molecular flexibility index (Phi) is 4.01. The monoisotopic (exact) mass is 251 g/mol. The molecule has 1 heterocycles. The number of hydrogen-bond acceptors (Lipinski definition) is 5. The Bertz CT molecular complexity index is 372. The summed E-state index contributed by atoms with van der Waals surface area (Å²) in [5.74, 6) is 1.93. The number of aliphatic hydroxyl groups is 1. The van der Waals surface area contributed by atoms with Gasteiger partial charge in [-0.25, -0.2) is 9.97 Å². The van der Waals surface area contributed by atoms with Gasteiger partial charge in [-0.05, 0) is 31.6 Å². The summed E-state index contributed by atoms with van der Waals surface area (Å²) >= 11 is 0. The largest absolute Gasteiger partial charge is 0.494 e. The second-order valence-corrected chi connectivity index (χ2v) is 5.19. The van der Waals surface area contributed by atoms with E-state index < -0.39 is 0 Å². The van der Waals surface area contributed by atoms with Crippen LogP contribution in [0.1, 0.15) is 32.6 Å². The minimum Gasteiger partial charge on any atom is -0.494 e. The molecule has 0 aromatic carbocycles. The van der Waals surface area contributed by atoms with Gasteiger partial charge in [-0.3, -0.25) is 0 Å². The van der Waals surface area contributed by atoms with E-state index >= 15 is 0 Å². The Morgan fingerprint density at radius 2 is 2.00 bits per heavy atom. The maximum atomic E-state index is 9.65. The van der Waals surface area contributed by atoms with Crippen LogP contribution in [0, 0.1) is 5.92 Å². The molecule has 1 saturated carbocycles. The van der Waals surface area contributed by atoms with E-state index in [1.54, 1.807) is 19.5 Å². The topological polar surface area (TPSA) is 67.3 Å². The van der Waals surface area contributed by atoms with Gasteiger partial charge in [0.2, 0.25) is 5.95 Å². The third-order valence-corrected chi connectivity index (χ3v) is 3.77. The molecule has 2 rings (SSSR count). The molecule has 0 spiro atoms. The van der Waals surface area contributed by atoms with Gasteiger partial charge in [0.1, 0.15) is 0 Å². The van der Waals surface area contributed by atoms with Crippen molar-refractivity contribution in [3.05, 3.63) is 12.4 Å². The van der Waals surface area contributed by atoms with Crippen LogP contribution in [0.2, 0.25) is 0 Å². The Morgan fingerprint density at radius 3 is 2.50 bits per heavy atom. The van der Waals surface area contributed by atoms with Crippen molar-refractivity contribution in [2.24, 2.45) is 5.92 Å². The standard InChI is InChI=1S/C13H21N3O2/c1-10-3-5-13(9-17,6-4-10)16-12-14-7-11(18-2)8-15-12/h7-8,10,17H,3-6,9H2,1-2H3,(H,14,15,16). The third-order valence-electron chi connectivity index (χ3n) is 3.77. The molecule has 0 atom stereocenters. The van der Waals surface area contributed by atoms with E-state index in [2.05, 4.69) is 22.2 Å². The summed E-state index contributed by atoms with van der Waals surface area (Å²) in [6, 6.07) is 0. The van der Waals surface area contributed by atoms with Crippen molar-refractivity contribution >= 4 is 5.95 Å². The summed E-state index contributed by atoms with van der Waals surface area (Å²) in [4.78, 5) is 8.39. The van der Waals surface area contributed by atoms with Crippen molar-refractivity contribution in [2.75, 3.05) is 19.0 Å². The Balaban J connectivity index is 2.05. The summed E-state index contributed by atoms with van der Waals surface area (Å²) in [5.41, 5.74) is -0.263. The SMILES string of the molecule is COc1cnc(NC2(CO)CCC(C)CC2)nc1. The number of methoxy groups -OCH3 is 1. The number of aromatic nitrogens is 2. The molecular weight excluding hydrogens is 230 g/mol. The average molecular weight is 251 g/mol. The fourth-order valence-corrected chi connectivity index (χ4v) is 2.36. The molecular formula is C13H21N3O2. The number of hydrogen-bond donors (Lipinski definition) is 2. The summed E-state index contributed by atoms with van der Waals surface area (Å²) in [7, 11) is 1.59. The highest BCUT2D eigenvalue weighted by atomic mass is 16.5. The second-order valence-electron chi connectivity index (χ2n) is 5.19. The first-order chi connectivity index (χ1) is 8.67. The first-order valence-corrected chi connectivity index (χ1v) is 6.42. The predicted octanol–water partition coefficient (Wildman–Crippen LogP) is 1.84. The fraction of sp³-hybridized carbons (Fsp3) is 0.692. The summed E-state index contributed by atoms with van der Waals surface area (Å²) in [5, 5.41) is 12.9. The molecule has 1 aliphatic rings. The number of ether oxygens (including phenoxy) is 1. The van der Waals surface area contributed by atoms with E-state index in [4.69, 9.17) is 4.74 Å². The van der Waals surface area contributed by atoms with Crippen molar-refractivity contribution < 1.29 is 9.84 Å². The maximum Gasteiger partial charge on any atom is 0.223 e. The van der Waals surface area contributed by atoms with E-state index in [9.17, 15) is 5.11 Å². The van der Waals surface area contributed by atoms with Gasteiger partial charge in [-0.2, -0.15) is 0 Å². The zero-order valence-electron chi connectivity index (χ0n) is 11.0. The molecule has 0 bridgehead atoms. The number of nitrogens with one attached hydrogen (secondary N) is 1. The van der Waals surface area contributed by atoms with E-state index in [1.807, 2.05) is 0 Å². The summed E-state index contributed by atoms with van der Waals surface area (Å²) in [6.07, 6.45) is 7.44. The molecule has 0 saturated heterocycles. The minimum atomic E-state index is -0.263. The predicted molar refractivity (Wildman–Crippen MR) is 69.7 cm³/mol. The molecule has 1 aromatic heterocycles. The summed E-state index contributed by atoms with van der Waals surface area (Å²) < 4.78 is 5.02. The van der Waals surface area contributed by atoms with E-state index in [0.717, 1.165) is 31.6 Å². The Hall–Kier alpha value is -1.36. The Morgan fingerprint density at radius 1 is 1.39 bits per heavy atom. The van der Waals surface area contributed by atoms with Crippen molar-refractivity contribution in [3.63, 3.8) is 0 Å². The van der Waals surface area contributed by atoms with E-state index in [0.29, 0.717) is 11.7 Å². The Labute approximate surface area is 108 Å². The highest BCUT2D eigenvalue weighted by molar-refractivity contribution is 5.31. The third kappa shape index (κ3) is 2.90. The zero-order valence-corrected chi connectivity index (χ0v) is 11.0. The highest BCUT2D eigenvalue weighted by Crippen LogP contribution is 2.33. The number of nitrogens with zero attached hydrogens (tertiary/aromatic N) is 2. The highest BCUT2D eigenvalue weighted by Gasteiger charge is 2.34. The van der Waals surface area contributed by atoms with Crippen LogP contribution in [0.4, 0.5) is 5.95 Å². The van der Waals surface area contributed by atoms with Gasteiger partial charge in [0.25, 0.3) is 0 Å². The van der Waals surface area contributed by atoms with Crippen LogP contribution in [0.5, 0.6) is 5.75 Å². The van der Waals surface area contributed by atoms with Crippen LogP contribution >= 0.6 is 0 Å². The number of rotatable bonds is 4. The van der Waals surface area contributed by atoms with Gasteiger partial charge in [-0.15, -0.1) is 0 Å². The van der Waals surface area contributed by atoms with E-state index in [1.165, 1.54) is 0 Å². The second kappa shape index (κ2) is 5.52. The molecule has 0 unspecified atom stereocenters. The van der Waals surface area contributed by atoms with Gasteiger partial charge >= 0.3 is 0 Å². The van der Waals surface area contributed by atoms with Gasteiger partial charge < -0.3 is 15.2 Å². The molecule has 1 aromatic rings. The lowest BCUT2D eigenvalue weighted by Crippen LogP contribution is -2.45. The van der Waals surface area contributed by atoms with Crippen molar-refractivity contribution in [1.29, 1.82) is 0 Å². The fourth-order valence-electron chi connectivity index (χ4n) is 2.36. The molecule has 1 aliphatic carbocycles. The van der Waals surface area contributed by atoms with Crippen LogP contribution in [0.3, 0.4) is 0 Å². The van der Waals surface area contributed by atoms with Gasteiger partial charge in [0, 0.05) is 0 Å². The van der Waals surface area contributed by atoms with Crippen LogP contribution in [-0.2, 0) is 0 Å². The first kappa shape index (κ1) is 13.1. The molecule has 18 heavy (non-hydrogen) atoms. The maximum absolute atomic E-state index is 9.65. The molecule has 0 amide bonds. The minimum absolute atomic E-state index is 0.120. The normalized spacial score (nSPS) is 27.8. The quantitative estimate of drug-likeness (QED) is 0.854. The number of aliphatic hydroxyl groups excluding tert-OH is 1. The van der Waals surface area contributed by atoms with Crippen LogP contribution in [-0.4, -0.2) is 34.3 Å². The lowest BCUT2D eigenvalue weighted by Gasteiger charge is -2.38. The zero-order chi connectivity index (χ0) is 13.0. The average Bonchev–Trinajstić information content (AvgIpc) is 2.43. The van der Waals surface area contributed by atoms with Crippen molar-refractivity contribution in [2.45, 2.75) is 38.1 Å². The molecule has 5 heteroatoms. The van der Waals surface area contributed by atoms with Gasteiger partial charge in [0.15, 0.2) is 5.75 Å². The van der Waals surface area contributed by atoms with Crippen LogP contribution < -0.4 is 10.1 Å². The molecule has 1 fully saturated rings. The molecule has 100 valence electrons. The van der Waals surface area contributed by atoms with E-state index in [-0.39, 0.29) is 12.1 Å². The summed E-state index contributed by atoms with van der Waals surface area (Å²) in [6.45, 7) is 2.38.